The average molecular weight is 384 g/mol. The molecule has 0 spiro atoms. The molecule has 0 radical (unpaired) electrons. The number of esters is 1. The molecule has 0 aliphatic heterocycles. The van der Waals surface area contributed by atoms with E-state index in [2.05, 4.69) is 10.2 Å². The van der Waals surface area contributed by atoms with Gasteiger partial charge >= 0.3 is 12.0 Å². The van der Waals surface area contributed by atoms with Crippen LogP contribution < -0.4 is 11.1 Å². The number of urea groups is 1. The summed E-state index contributed by atoms with van der Waals surface area (Å²) in [4.78, 5) is 35.5. The summed E-state index contributed by atoms with van der Waals surface area (Å²) in [5.74, 6) is -1.90. The first-order valence-electron chi connectivity index (χ1n) is 8.39. The predicted octanol–water partition coefficient (Wildman–Crippen LogP) is 3.18. The lowest BCUT2D eigenvalue weighted by Crippen LogP contribution is -2.45. The zero-order chi connectivity index (χ0) is 20.7. The van der Waals surface area contributed by atoms with E-state index in [9.17, 15) is 19.5 Å². The summed E-state index contributed by atoms with van der Waals surface area (Å²) >= 11 is 0. The minimum absolute atomic E-state index is 0.0943. The van der Waals surface area contributed by atoms with Crippen LogP contribution in [-0.2, 0) is 9.53 Å². The SMILES string of the molecule is CC(C)[C@H](OC(=O)c1ccccc1N=Nc1ccc(O)cc1)C(=O)NC(N)=O. The van der Waals surface area contributed by atoms with Crippen LogP contribution in [-0.4, -0.2) is 29.1 Å². The highest BCUT2D eigenvalue weighted by Crippen LogP contribution is 2.25. The Morgan fingerprint density at radius 1 is 1.04 bits per heavy atom. The van der Waals surface area contributed by atoms with Gasteiger partial charge in [0.25, 0.3) is 5.91 Å². The summed E-state index contributed by atoms with van der Waals surface area (Å²) in [6.45, 7) is 3.32. The second kappa shape index (κ2) is 9.26. The Hall–Kier alpha value is -3.75. The van der Waals surface area contributed by atoms with Gasteiger partial charge in [-0.3, -0.25) is 10.1 Å². The normalized spacial score (nSPS) is 12.0. The third kappa shape index (κ3) is 5.63. The number of carbonyl (C=O) groups excluding carboxylic acids is 3. The molecule has 146 valence electrons. The first-order chi connectivity index (χ1) is 13.3. The fourth-order valence-corrected chi connectivity index (χ4v) is 2.23. The van der Waals surface area contributed by atoms with Gasteiger partial charge in [-0.2, -0.15) is 5.11 Å². The molecular weight excluding hydrogens is 364 g/mol. The van der Waals surface area contributed by atoms with Crippen LogP contribution in [0.4, 0.5) is 16.2 Å². The third-order valence-electron chi connectivity index (χ3n) is 3.59. The highest BCUT2D eigenvalue weighted by atomic mass is 16.5. The summed E-state index contributed by atoms with van der Waals surface area (Å²) < 4.78 is 5.28. The van der Waals surface area contributed by atoms with Crippen molar-refractivity contribution < 1.29 is 24.2 Å². The van der Waals surface area contributed by atoms with Crippen LogP contribution in [0.2, 0.25) is 0 Å². The molecule has 2 aromatic rings. The number of primary amides is 1. The number of hydrogen-bond donors (Lipinski definition) is 3. The van der Waals surface area contributed by atoms with Gasteiger partial charge in [0.05, 0.1) is 11.3 Å². The van der Waals surface area contributed by atoms with Gasteiger partial charge in [-0.1, -0.05) is 26.0 Å². The van der Waals surface area contributed by atoms with Gasteiger partial charge in [-0.25, -0.2) is 9.59 Å². The molecule has 9 nitrogen and oxygen atoms in total. The number of amides is 3. The van der Waals surface area contributed by atoms with Gasteiger partial charge in [-0.15, -0.1) is 5.11 Å². The minimum Gasteiger partial charge on any atom is -0.508 e. The third-order valence-corrected chi connectivity index (χ3v) is 3.59. The Bertz CT molecular complexity index is 893. The molecule has 0 fully saturated rings. The second-order valence-electron chi connectivity index (χ2n) is 6.16. The van der Waals surface area contributed by atoms with E-state index in [1.807, 2.05) is 5.32 Å². The summed E-state index contributed by atoms with van der Waals surface area (Å²) in [6.07, 6.45) is -1.21. The van der Waals surface area contributed by atoms with E-state index in [0.29, 0.717) is 5.69 Å². The van der Waals surface area contributed by atoms with Gasteiger partial charge < -0.3 is 15.6 Å². The van der Waals surface area contributed by atoms with Gasteiger partial charge in [0, 0.05) is 0 Å². The van der Waals surface area contributed by atoms with Gasteiger partial charge in [-0.05, 0) is 42.3 Å². The smallest absolute Gasteiger partial charge is 0.341 e. The van der Waals surface area contributed by atoms with E-state index in [4.69, 9.17) is 10.5 Å². The molecule has 0 heterocycles. The number of hydrogen-bond acceptors (Lipinski definition) is 7. The lowest BCUT2D eigenvalue weighted by atomic mass is 10.1. The molecule has 28 heavy (non-hydrogen) atoms. The van der Waals surface area contributed by atoms with E-state index in [-0.39, 0.29) is 17.0 Å². The number of nitrogens with one attached hydrogen (secondary N) is 1. The highest BCUT2D eigenvalue weighted by molar-refractivity contribution is 5.99. The number of azo groups is 1. The molecular formula is C19H20N4O5. The second-order valence-corrected chi connectivity index (χ2v) is 6.16. The maximum Gasteiger partial charge on any atom is 0.341 e. The summed E-state index contributed by atoms with van der Waals surface area (Å²) in [6, 6.07) is 11.3. The van der Waals surface area contributed by atoms with Gasteiger partial charge in [0.1, 0.15) is 11.4 Å². The fourth-order valence-electron chi connectivity index (χ4n) is 2.23. The minimum atomic E-state index is -1.21. The van der Waals surface area contributed by atoms with E-state index in [0.717, 1.165) is 0 Å². The molecule has 0 aliphatic rings. The van der Waals surface area contributed by atoms with E-state index in [1.165, 1.54) is 18.2 Å². The number of benzene rings is 2. The van der Waals surface area contributed by atoms with Crippen molar-refractivity contribution in [3.05, 3.63) is 54.1 Å². The molecule has 0 aliphatic carbocycles. The number of aromatic hydroxyl groups is 1. The van der Waals surface area contributed by atoms with Gasteiger partial charge in [0.15, 0.2) is 6.10 Å². The topological polar surface area (TPSA) is 143 Å². The van der Waals surface area contributed by atoms with Crippen molar-refractivity contribution in [2.24, 2.45) is 21.9 Å². The number of nitrogens with zero attached hydrogens (tertiary/aromatic N) is 2. The van der Waals surface area contributed by atoms with Gasteiger partial charge in [0.2, 0.25) is 0 Å². The Kier molecular flexibility index (Phi) is 6.80. The van der Waals surface area contributed by atoms with Crippen molar-refractivity contribution in [2.75, 3.05) is 0 Å². The number of nitrogens with two attached hydrogens (primary N) is 1. The van der Waals surface area contributed by atoms with Crippen LogP contribution in [0.1, 0.15) is 24.2 Å². The molecule has 0 saturated heterocycles. The number of phenols is 1. The maximum absolute atomic E-state index is 12.6. The van der Waals surface area contributed by atoms with Crippen molar-refractivity contribution in [1.82, 2.24) is 5.32 Å². The molecule has 2 rings (SSSR count). The van der Waals surface area contributed by atoms with E-state index >= 15 is 0 Å². The number of phenolic OH excluding ortho intramolecular Hbond substituents is 1. The Morgan fingerprint density at radius 2 is 1.68 bits per heavy atom. The number of carbonyl (C=O) groups is 3. The van der Waals surface area contributed by atoms with Crippen LogP contribution >= 0.6 is 0 Å². The zero-order valence-electron chi connectivity index (χ0n) is 15.3. The maximum atomic E-state index is 12.6. The lowest BCUT2D eigenvalue weighted by Gasteiger charge is -2.20. The highest BCUT2D eigenvalue weighted by Gasteiger charge is 2.28. The summed E-state index contributed by atoms with van der Waals surface area (Å²) in [7, 11) is 0. The van der Waals surface area contributed by atoms with Crippen LogP contribution in [0.3, 0.4) is 0 Å². The number of rotatable bonds is 6. The largest absolute Gasteiger partial charge is 0.508 e. The van der Waals surface area contributed by atoms with Crippen molar-refractivity contribution >= 4 is 29.3 Å². The number of ether oxygens (including phenoxy) is 1. The number of imide groups is 1. The van der Waals surface area contributed by atoms with Crippen molar-refractivity contribution in [3.8, 4) is 5.75 Å². The summed E-state index contributed by atoms with van der Waals surface area (Å²) in [5.41, 5.74) is 5.76. The standard InChI is InChI=1S/C19H20N4O5/c1-11(2)16(17(25)21-19(20)27)28-18(26)14-5-3-4-6-15(14)23-22-12-7-9-13(24)10-8-12/h3-11,16,24H,1-2H3,(H3,20,21,25,27)/t16-/m0/s1. The quantitative estimate of drug-likeness (QED) is 0.517. The fraction of sp³-hybridized carbons (Fsp3) is 0.211. The molecule has 0 bridgehead atoms. The monoisotopic (exact) mass is 384 g/mol. The zero-order valence-corrected chi connectivity index (χ0v) is 15.3. The molecule has 1 atom stereocenters. The Morgan fingerprint density at radius 3 is 2.29 bits per heavy atom. The van der Waals surface area contributed by atoms with Crippen molar-refractivity contribution in [2.45, 2.75) is 20.0 Å². The van der Waals surface area contributed by atoms with Crippen LogP contribution in [0, 0.1) is 5.92 Å². The molecule has 9 heteroatoms. The molecule has 0 unspecified atom stereocenters. The van der Waals surface area contributed by atoms with Crippen LogP contribution in [0.15, 0.2) is 58.8 Å². The predicted molar refractivity (Wildman–Crippen MR) is 100 cm³/mol. The molecule has 0 saturated carbocycles. The Labute approximate surface area is 161 Å². The van der Waals surface area contributed by atoms with Crippen molar-refractivity contribution in [3.63, 3.8) is 0 Å². The first kappa shape index (κ1) is 20.6. The van der Waals surface area contributed by atoms with E-state index < -0.39 is 29.9 Å². The Balaban J connectivity index is 2.22. The van der Waals surface area contributed by atoms with Crippen LogP contribution in [0.25, 0.3) is 0 Å². The lowest BCUT2D eigenvalue weighted by molar-refractivity contribution is -0.130. The molecule has 0 aromatic heterocycles. The van der Waals surface area contributed by atoms with E-state index in [1.54, 1.807) is 44.2 Å². The summed E-state index contributed by atoms with van der Waals surface area (Å²) in [5, 5.41) is 19.3. The van der Waals surface area contributed by atoms with Crippen molar-refractivity contribution in [1.29, 1.82) is 0 Å². The first-order valence-corrected chi connectivity index (χ1v) is 8.39. The molecule has 2 aromatic carbocycles. The average Bonchev–Trinajstić information content (AvgIpc) is 2.64. The molecule has 4 N–H and O–H groups in total. The molecule has 3 amide bonds. The van der Waals surface area contributed by atoms with Crippen LogP contribution in [0.5, 0.6) is 5.75 Å².